The zero-order valence-corrected chi connectivity index (χ0v) is 8.27. The molecule has 6 nitrogen and oxygen atoms in total. The molecule has 0 radical (unpaired) electrons. The Kier molecular flexibility index (Phi) is 4.21. The molecular weight excluding hydrogens is 184 g/mol. The Bertz CT molecular complexity index is 274. The third-order valence-corrected chi connectivity index (χ3v) is 1.79. The molecule has 14 heavy (non-hydrogen) atoms. The van der Waals surface area contributed by atoms with Gasteiger partial charge in [0.25, 0.3) is 0 Å². The minimum atomic E-state index is 0.486. The molecule has 0 spiro atoms. The van der Waals surface area contributed by atoms with Gasteiger partial charge < -0.3 is 20.9 Å². The summed E-state index contributed by atoms with van der Waals surface area (Å²) in [6.07, 6.45) is 1.53. The average Bonchev–Trinajstić information content (AvgIpc) is 2.49. The zero-order chi connectivity index (χ0) is 10.4. The van der Waals surface area contributed by atoms with E-state index in [9.17, 15) is 0 Å². The summed E-state index contributed by atoms with van der Waals surface area (Å²) in [5.74, 6) is 0.486. The van der Waals surface area contributed by atoms with Crippen LogP contribution in [0.15, 0.2) is 6.20 Å². The van der Waals surface area contributed by atoms with Crippen LogP contribution in [0.25, 0.3) is 0 Å². The van der Waals surface area contributed by atoms with Gasteiger partial charge in [0.1, 0.15) is 5.82 Å². The highest BCUT2D eigenvalue weighted by molar-refractivity contribution is 5.56. The lowest BCUT2D eigenvalue weighted by Gasteiger charge is -2.05. The topological polar surface area (TPSA) is 88.3 Å². The number of methoxy groups -OCH3 is 1. The molecule has 0 atom stereocenters. The van der Waals surface area contributed by atoms with Gasteiger partial charge >= 0.3 is 0 Å². The minimum absolute atomic E-state index is 0.486. The van der Waals surface area contributed by atoms with E-state index in [1.165, 1.54) is 6.20 Å². The smallest absolute Gasteiger partial charge is 0.145 e. The number of hydrogen-bond acceptors (Lipinski definition) is 5. The Morgan fingerprint density at radius 1 is 1.36 bits per heavy atom. The molecule has 1 aromatic heterocycles. The van der Waals surface area contributed by atoms with Crippen LogP contribution in [-0.2, 0) is 16.0 Å². The van der Waals surface area contributed by atoms with Crippen molar-refractivity contribution in [2.75, 3.05) is 38.4 Å². The Morgan fingerprint density at radius 2 is 2.14 bits per heavy atom. The number of nitrogens with two attached hydrogens (primary N) is 2. The first-order valence-electron chi connectivity index (χ1n) is 4.39. The highest BCUT2D eigenvalue weighted by Gasteiger charge is 2.02. The normalized spacial score (nSPS) is 10.6. The van der Waals surface area contributed by atoms with Crippen LogP contribution in [-0.4, -0.2) is 36.7 Å². The van der Waals surface area contributed by atoms with Crippen molar-refractivity contribution >= 4 is 11.5 Å². The number of rotatable bonds is 6. The molecule has 1 heterocycles. The molecule has 0 saturated heterocycles. The van der Waals surface area contributed by atoms with Crippen molar-refractivity contribution < 1.29 is 9.47 Å². The summed E-state index contributed by atoms with van der Waals surface area (Å²) in [5, 5.41) is 3.99. The molecule has 0 fully saturated rings. The molecular formula is C8H16N4O2. The van der Waals surface area contributed by atoms with E-state index >= 15 is 0 Å². The maximum Gasteiger partial charge on any atom is 0.145 e. The lowest BCUT2D eigenvalue weighted by Crippen LogP contribution is -2.12. The number of aromatic nitrogens is 2. The predicted molar refractivity (Wildman–Crippen MR) is 53.7 cm³/mol. The summed E-state index contributed by atoms with van der Waals surface area (Å²) < 4.78 is 11.7. The largest absolute Gasteiger partial charge is 0.394 e. The Labute approximate surface area is 82.8 Å². The van der Waals surface area contributed by atoms with E-state index in [2.05, 4.69) is 5.10 Å². The van der Waals surface area contributed by atoms with E-state index in [1.54, 1.807) is 11.8 Å². The molecule has 1 aromatic rings. The molecule has 6 heteroatoms. The van der Waals surface area contributed by atoms with E-state index in [0.717, 1.165) is 0 Å². The van der Waals surface area contributed by atoms with Crippen LogP contribution < -0.4 is 11.5 Å². The van der Waals surface area contributed by atoms with Gasteiger partial charge in [-0.3, -0.25) is 0 Å². The fourth-order valence-corrected chi connectivity index (χ4v) is 0.983. The second kappa shape index (κ2) is 5.46. The maximum atomic E-state index is 5.64. The van der Waals surface area contributed by atoms with Crippen LogP contribution in [0.3, 0.4) is 0 Å². The van der Waals surface area contributed by atoms with Gasteiger partial charge in [-0.05, 0) is 0 Å². The first-order valence-corrected chi connectivity index (χ1v) is 4.39. The molecule has 0 amide bonds. The first kappa shape index (κ1) is 10.8. The van der Waals surface area contributed by atoms with Crippen LogP contribution in [0.4, 0.5) is 11.5 Å². The van der Waals surface area contributed by atoms with E-state index in [4.69, 9.17) is 20.9 Å². The number of anilines is 2. The third-order valence-electron chi connectivity index (χ3n) is 1.79. The average molecular weight is 200 g/mol. The van der Waals surface area contributed by atoms with Crippen molar-refractivity contribution in [2.24, 2.45) is 0 Å². The van der Waals surface area contributed by atoms with Crippen molar-refractivity contribution in [1.29, 1.82) is 0 Å². The monoisotopic (exact) mass is 200 g/mol. The van der Waals surface area contributed by atoms with E-state index < -0.39 is 0 Å². The summed E-state index contributed by atoms with van der Waals surface area (Å²) >= 11 is 0. The molecule has 80 valence electrons. The van der Waals surface area contributed by atoms with Crippen LogP contribution in [0, 0.1) is 0 Å². The third kappa shape index (κ3) is 2.90. The van der Waals surface area contributed by atoms with Gasteiger partial charge in [-0.1, -0.05) is 0 Å². The van der Waals surface area contributed by atoms with Gasteiger partial charge in [0.2, 0.25) is 0 Å². The lowest BCUT2D eigenvalue weighted by atomic mass is 10.5. The molecule has 0 unspecified atom stereocenters. The molecule has 0 saturated carbocycles. The minimum Gasteiger partial charge on any atom is -0.394 e. The van der Waals surface area contributed by atoms with Crippen molar-refractivity contribution in [2.45, 2.75) is 6.54 Å². The highest BCUT2D eigenvalue weighted by atomic mass is 16.5. The van der Waals surface area contributed by atoms with Gasteiger partial charge in [-0.25, -0.2) is 4.68 Å². The van der Waals surface area contributed by atoms with Crippen molar-refractivity contribution in [3.63, 3.8) is 0 Å². The summed E-state index contributed by atoms with van der Waals surface area (Å²) in [6, 6.07) is 0. The molecule has 0 aliphatic rings. The summed E-state index contributed by atoms with van der Waals surface area (Å²) in [5.41, 5.74) is 11.7. The molecule has 0 aromatic carbocycles. The van der Waals surface area contributed by atoms with Crippen molar-refractivity contribution in [3.8, 4) is 0 Å². The Balaban J connectivity index is 2.21. The molecule has 4 N–H and O–H groups in total. The van der Waals surface area contributed by atoms with Crippen LogP contribution in [0.1, 0.15) is 0 Å². The van der Waals surface area contributed by atoms with Crippen LogP contribution in [0.5, 0.6) is 0 Å². The summed E-state index contributed by atoms with van der Waals surface area (Å²) in [7, 11) is 1.63. The predicted octanol–water partition coefficient (Wildman–Crippen LogP) is -0.289. The maximum absolute atomic E-state index is 5.64. The van der Waals surface area contributed by atoms with Gasteiger partial charge in [0.05, 0.1) is 38.2 Å². The quantitative estimate of drug-likeness (QED) is 0.616. The fraction of sp³-hybridized carbons (Fsp3) is 0.625. The second-order valence-electron chi connectivity index (χ2n) is 2.81. The van der Waals surface area contributed by atoms with E-state index in [1.807, 2.05) is 0 Å². The lowest BCUT2D eigenvalue weighted by molar-refractivity contribution is 0.0656. The molecule has 0 aliphatic heterocycles. The van der Waals surface area contributed by atoms with Gasteiger partial charge in [0, 0.05) is 7.11 Å². The second-order valence-corrected chi connectivity index (χ2v) is 2.81. The Morgan fingerprint density at radius 3 is 2.71 bits per heavy atom. The van der Waals surface area contributed by atoms with Gasteiger partial charge in [0.15, 0.2) is 0 Å². The zero-order valence-electron chi connectivity index (χ0n) is 8.27. The van der Waals surface area contributed by atoms with Gasteiger partial charge in [-0.2, -0.15) is 5.10 Å². The van der Waals surface area contributed by atoms with Gasteiger partial charge in [-0.15, -0.1) is 0 Å². The molecule has 1 rings (SSSR count). The molecule has 0 aliphatic carbocycles. The van der Waals surface area contributed by atoms with E-state index in [-0.39, 0.29) is 0 Å². The summed E-state index contributed by atoms with van der Waals surface area (Å²) in [4.78, 5) is 0. The van der Waals surface area contributed by atoms with E-state index in [0.29, 0.717) is 37.9 Å². The standard InChI is InChI=1S/C8H16N4O2/c1-13-4-5-14-3-2-12-8(10)7(9)6-11-12/h6H,2-5,9-10H2,1H3. The Hall–Kier alpha value is -1.27. The SMILES string of the molecule is COCCOCCn1ncc(N)c1N. The number of hydrogen-bond donors (Lipinski definition) is 2. The molecule has 0 bridgehead atoms. The first-order chi connectivity index (χ1) is 6.75. The number of nitrogen functional groups attached to an aromatic ring is 2. The van der Waals surface area contributed by atoms with Crippen LogP contribution >= 0.6 is 0 Å². The number of ether oxygens (including phenoxy) is 2. The van der Waals surface area contributed by atoms with Crippen molar-refractivity contribution in [3.05, 3.63) is 6.20 Å². The van der Waals surface area contributed by atoms with Crippen LogP contribution in [0.2, 0.25) is 0 Å². The highest BCUT2D eigenvalue weighted by Crippen LogP contribution is 2.11. The number of nitrogens with zero attached hydrogens (tertiary/aromatic N) is 2. The fourth-order valence-electron chi connectivity index (χ4n) is 0.983. The summed E-state index contributed by atoms with van der Waals surface area (Å²) in [6.45, 7) is 2.32. The van der Waals surface area contributed by atoms with Crippen molar-refractivity contribution in [1.82, 2.24) is 9.78 Å².